The molecule has 2 heterocycles. The summed E-state index contributed by atoms with van der Waals surface area (Å²) in [4.78, 5) is 3.82. The summed E-state index contributed by atoms with van der Waals surface area (Å²) in [5.74, 6) is 0.0553. The molecule has 1 aliphatic heterocycles. The van der Waals surface area contributed by atoms with Crippen molar-refractivity contribution in [2.24, 2.45) is 7.05 Å². The van der Waals surface area contributed by atoms with E-state index in [4.69, 9.17) is 5.73 Å². The van der Waals surface area contributed by atoms with E-state index in [2.05, 4.69) is 11.1 Å². The second-order valence-electron chi connectivity index (χ2n) is 4.22. The van der Waals surface area contributed by atoms with Crippen molar-refractivity contribution in [2.75, 3.05) is 18.8 Å². The van der Waals surface area contributed by atoms with E-state index in [1.54, 1.807) is 7.05 Å². The van der Waals surface area contributed by atoms with Gasteiger partial charge in [-0.25, -0.2) is 13.4 Å². The summed E-state index contributed by atoms with van der Waals surface area (Å²) in [6.45, 7) is 2.84. The minimum absolute atomic E-state index is 0.0553. The highest BCUT2D eigenvalue weighted by molar-refractivity contribution is 7.89. The summed E-state index contributed by atoms with van der Waals surface area (Å²) in [7, 11) is -1.92. The van der Waals surface area contributed by atoms with E-state index in [0.29, 0.717) is 13.1 Å². The maximum Gasteiger partial charge on any atom is 0.262 e. The zero-order chi connectivity index (χ0) is 12.6. The summed E-state index contributed by atoms with van der Waals surface area (Å²) < 4.78 is 27.7. The predicted octanol–water partition coefficient (Wildman–Crippen LogP) is 0.343. The van der Waals surface area contributed by atoms with E-state index in [1.807, 2.05) is 6.92 Å². The molecule has 0 amide bonds. The van der Waals surface area contributed by atoms with Crippen molar-refractivity contribution in [3.05, 3.63) is 18.0 Å². The van der Waals surface area contributed by atoms with Gasteiger partial charge in [0.2, 0.25) is 0 Å². The minimum Gasteiger partial charge on any atom is -0.381 e. The fourth-order valence-electron chi connectivity index (χ4n) is 1.96. The first kappa shape index (κ1) is 12.1. The molecular weight excluding hydrogens is 240 g/mol. The van der Waals surface area contributed by atoms with E-state index < -0.39 is 10.0 Å². The molecule has 1 aromatic rings. The molecule has 7 heteroatoms. The van der Waals surface area contributed by atoms with Crippen LogP contribution in [0.5, 0.6) is 0 Å². The number of sulfonamides is 1. The average molecular weight is 256 g/mol. The molecule has 2 rings (SSSR count). The molecule has 0 atom stereocenters. The molecule has 0 saturated heterocycles. The van der Waals surface area contributed by atoms with E-state index in [9.17, 15) is 8.42 Å². The Morgan fingerprint density at radius 1 is 1.47 bits per heavy atom. The molecule has 94 valence electrons. The van der Waals surface area contributed by atoms with Crippen molar-refractivity contribution in [3.63, 3.8) is 0 Å². The normalized spacial score (nSPS) is 18.1. The van der Waals surface area contributed by atoms with Crippen LogP contribution >= 0.6 is 0 Å². The number of imidazole rings is 1. The van der Waals surface area contributed by atoms with Gasteiger partial charge in [-0.1, -0.05) is 11.6 Å². The lowest BCUT2D eigenvalue weighted by atomic mass is 10.2. The summed E-state index contributed by atoms with van der Waals surface area (Å²) in [6.07, 6.45) is 4.20. The zero-order valence-corrected chi connectivity index (χ0v) is 10.7. The summed E-state index contributed by atoms with van der Waals surface area (Å²) >= 11 is 0. The molecule has 1 aliphatic rings. The van der Waals surface area contributed by atoms with Crippen LogP contribution in [0.2, 0.25) is 0 Å². The van der Waals surface area contributed by atoms with Gasteiger partial charge in [-0.15, -0.1) is 0 Å². The van der Waals surface area contributed by atoms with Crippen molar-refractivity contribution >= 4 is 15.8 Å². The fraction of sp³-hybridized carbons (Fsp3) is 0.500. The van der Waals surface area contributed by atoms with Crippen molar-refractivity contribution in [3.8, 4) is 0 Å². The molecule has 1 aromatic heterocycles. The van der Waals surface area contributed by atoms with Crippen LogP contribution in [0.3, 0.4) is 0 Å². The number of hydrogen-bond donors (Lipinski definition) is 1. The largest absolute Gasteiger partial charge is 0.381 e. The van der Waals surface area contributed by atoms with Gasteiger partial charge in [0.1, 0.15) is 0 Å². The Morgan fingerprint density at radius 3 is 2.71 bits per heavy atom. The Labute approximate surface area is 101 Å². The quantitative estimate of drug-likeness (QED) is 0.774. The van der Waals surface area contributed by atoms with Crippen LogP contribution in [0.25, 0.3) is 0 Å². The number of anilines is 1. The molecule has 17 heavy (non-hydrogen) atoms. The lowest BCUT2D eigenvalue weighted by molar-refractivity contribution is 0.423. The molecule has 6 nitrogen and oxygen atoms in total. The Hall–Kier alpha value is -1.34. The third-order valence-corrected chi connectivity index (χ3v) is 4.77. The monoisotopic (exact) mass is 256 g/mol. The molecule has 0 radical (unpaired) electrons. The van der Waals surface area contributed by atoms with E-state index in [0.717, 1.165) is 12.0 Å². The van der Waals surface area contributed by atoms with Crippen LogP contribution in [0, 0.1) is 0 Å². The standard InChI is InChI=1S/C10H16N4O2S/c1-8-4-3-5-14(6-8)17(15,16)10-9(11)12-7-13(10)2/h4,7H,3,5-6,11H2,1-2H3. The summed E-state index contributed by atoms with van der Waals surface area (Å²) in [6, 6.07) is 0. The maximum absolute atomic E-state index is 12.4. The van der Waals surface area contributed by atoms with Gasteiger partial charge in [-0.3, -0.25) is 0 Å². The Bertz CT molecular complexity index is 539. The van der Waals surface area contributed by atoms with Crippen LogP contribution in [-0.4, -0.2) is 35.4 Å². The molecule has 0 unspecified atom stereocenters. The minimum atomic E-state index is -3.54. The Morgan fingerprint density at radius 2 is 2.18 bits per heavy atom. The first-order chi connectivity index (χ1) is 7.93. The molecule has 0 bridgehead atoms. The second-order valence-corrected chi connectivity index (χ2v) is 6.08. The predicted molar refractivity (Wildman–Crippen MR) is 64.8 cm³/mol. The number of rotatable bonds is 2. The zero-order valence-electron chi connectivity index (χ0n) is 9.92. The first-order valence-electron chi connectivity index (χ1n) is 5.35. The highest BCUT2D eigenvalue weighted by Gasteiger charge is 2.30. The van der Waals surface area contributed by atoms with E-state index >= 15 is 0 Å². The summed E-state index contributed by atoms with van der Waals surface area (Å²) in [5, 5.41) is 0.0761. The van der Waals surface area contributed by atoms with Crippen LogP contribution in [0.15, 0.2) is 23.0 Å². The smallest absolute Gasteiger partial charge is 0.262 e. The summed E-state index contributed by atoms with van der Waals surface area (Å²) in [5.41, 5.74) is 6.67. The topological polar surface area (TPSA) is 81.2 Å². The van der Waals surface area contributed by atoms with Gasteiger partial charge in [0.25, 0.3) is 10.0 Å². The van der Waals surface area contributed by atoms with Crippen molar-refractivity contribution in [1.82, 2.24) is 13.9 Å². The number of nitrogens with two attached hydrogens (primary N) is 1. The van der Waals surface area contributed by atoms with Crippen LogP contribution in [-0.2, 0) is 17.1 Å². The first-order valence-corrected chi connectivity index (χ1v) is 6.79. The second kappa shape index (κ2) is 4.15. The molecule has 0 spiro atoms. The molecule has 2 N–H and O–H groups in total. The highest BCUT2D eigenvalue weighted by Crippen LogP contribution is 2.23. The van der Waals surface area contributed by atoms with Gasteiger partial charge >= 0.3 is 0 Å². The average Bonchev–Trinajstić information content (AvgIpc) is 2.59. The third-order valence-electron chi connectivity index (χ3n) is 2.79. The maximum atomic E-state index is 12.4. The van der Waals surface area contributed by atoms with Crippen molar-refractivity contribution in [1.29, 1.82) is 0 Å². The number of aromatic nitrogens is 2. The molecule has 0 aliphatic carbocycles. The molecule has 0 aromatic carbocycles. The SMILES string of the molecule is CC1=CCCN(S(=O)(=O)c2c(N)ncn2C)C1. The van der Waals surface area contributed by atoms with E-state index in [-0.39, 0.29) is 10.8 Å². The van der Waals surface area contributed by atoms with Crippen molar-refractivity contribution in [2.45, 2.75) is 18.4 Å². The van der Waals surface area contributed by atoms with Gasteiger partial charge in [0.05, 0.1) is 6.33 Å². The number of nitrogens with zero attached hydrogens (tertiary/aromatic N) is 3. The number of nitrogen functional groups attached to an aromatic ring is 1. The lowest BCUT2D eigenvalue weighted by Gasteiger charge is -2.25. The third kappa shape index (κ3) is 2.07. The van der Waals surface area contributed by atoms with Crippen molar-refractivity contribution < 1.29 is 8.42 Å². The molecule has 0 saturated carbocycles. The Kier molecular flexibility index (Phi) is 2.96. The van der Waals surface area contributed by atoms with Gasteiger partial charge in [-0.2, -0.15) is 4.31 Å². The van der Waals surface area contributed by atoms with Gasteiger partial charge in [0, 0.05) is 20.1 Å². The van der Waals surface area contributed by atoms with Gasteiger partial charge in [-0.05, 0) is 13.3 Å². The van der Waals surface area contributed by atoms with Gasteiger partial charge < -0.3 is 10.3 Å². The van der Waals surface area contributed by atoms with Crippen LogP contribution in [0.4, 0.5) is 5.82 Å². The number of aryl methyl sites for hydroxylation is 1. The van der Waals surface area contributed by atoms with E-state index in [1.165, 1.54) is 15.2 Å². The Balaban J connectivity index is 2.41. The molecular formula is C10H16N4O2S. The fourth-order valence-corrected chi connectivity index (χ4v) is 3.65. The van der Waals surface area contributed by atoms with Crippen LogP contribution < -0.4 is 5.73 Å². The lowest BCUT2D eigenvalue weighted by Crippen LogP contribution is -2.36. The number of hydrogen-bond acceptors (Lipinski definition) is 4. The van der Waals surface area contributed by atoms with Gasteiger partial charge in [0.15, 0.2) is 10.8 Å². The van der Waals surface area contributed by atoms with Crippen LogP contribution in [0.1, 0.15) is 13.3 Å². The highest BCUT2D eigenvalue weighted by atomic mass is 32.2. The molecule has 0 fully saturated rings.